The maximum Gasteiger partial charge on any atom is 0.255 e. The number of nitrogens with two attached hydrogens (primary N) is 1. The van der Waals surface area contributed by atoms with Gasteiger partial charge in [0, 0.05) is 23.8 Å². The lowest BCUT2D eigenvalue weighted by Crippen LogP contribution is -2.26. The largest absolute Gasteiger partial charge is 0.399 e. The van der Waals surface area contributed by atoms with Gasteiger partial charge in [-0.05, 0) is 35.9 Å². The Hall–Kier alpha value is -1.52. The van der Waals surface area contributed by atoms with Gasteiger partial charge in [-0.15, -0.1) is 0 Å². The lowest BCUT2D eigenvalue weighted by molar-refractivity contribution is 0.0785. The average Bonchev–Trinajstić information content (AvgIpc) is 2.40. The fraction of sp³-hybridized carbons (Fsp3) is 0.133. The Bertz CT molecular complexity index is 646. The highest BCUT2D eigenvalue weighted by Crippen LogP contribution is 2.22. The molecule has 2 rings (SSSR count). The highest BCUT2D eigenvalue weighted by atomic mass is 79.9. The van der Waals surface area contributed by atoms with E-state index in [9.17, 15) is 4.79 Å². The molecule has 0 bridgehead atoms. The summed E-state index contributed by atoms with van der Waals surface area (Å²) >= 11 is 9.42. The van der Waals surface area contributed by atoms with E-state index in [0.717, 1.165) is 10.0 Å². The summed E-state index contributed by atoms with van der Waals surface area (Å²) < 4.78 is 0.822. The third-order valence-electron chi connectivity index (χ3n) is 2.88. The van der Waals surface area contributed by atoms with Crippen LogP contribution in [-0.2, 0) is 6.54 Å². The number of halogens is 2. The Balaban J connectivity index is 2.18. The van der Waals surface area contributed by atoms with Crippen LogP contribution in [-0.4, -0.2) is 17.9 Å². The van der Waals surface area contributed by atoms with Gasteiger partial charge in [-0.25, -0.2) is 0 Å². The first kappa shape index (κ1) is 14.9. The number of benzene rings is 2. The van der Waals surface area contributed by atoms with Crippen LogP contribution >= 0.6 is 27.5 Å². The zero-order chi connectivity index (χ0) is 14.7. The highest BCUT2D eigenvalue weighted by molar-refractivity contribution is 9.10. The summed E-state index contributed by atoms with van der Waals surface area (Å²) in [4.78, 5) is 14.0. The number of amides is 1. The summed E-state index contributed by atoms with van der Waals surface area (Å²) in [5, 5.41) is 0.442. The monoisotopic (exact) mass is 352 g/mol. The van der Waals surface area contributed by atoms with Crippen molar-refractivity contribution in [1.82, 2.24) is 4.90 Å². The van der Waals surface area contributed by atoms with Crippen molar-refractivity contribution in [2.75, 3.05) is 12.8 Å². The van der Waals surface area contributed by atoms with Crippen LogP contribution in [0.5, 0.6) is 0 Å². The Morgan fingerprint density at radius 3 is 2.75 bits per heavy atom. The standard InChI is InChI=1S/C15H14BrClN2O/c1-19(9-10-3-2-4-12(18)7-10)15(20)13-8-11(16)5-6-14(13)17/h2-8H,9,18H2,1H3. The van der Waals surface area contributed by atoms with Crippen molar-refractivity contribution >= 4 is 39.1 Å². The third kappa shape index (κ3) is 3.52. The quantitative estimate of drug-likeness (QED) is 0.849. The van der Waals surface area contributed by atoms with Gasteiger partial charge in [-0.1, -0.05) is 39.7 Å². The Labute approximate surface area is 131 Å². The zero-order valence-electron chi connectivity index (χ0n) is 10.9. The second kappa shape index (κ2) is 6.29. The first-order valence-electron chi connectivity index (χ1n) is 6.02. The molecule has 5 heteroatoms. The Kier molecular flexibility index (Phi) is 4.68. The second-order valence-corrected chi connectivity index (χ2v) is 5.85. The zero-order valence-corrected chi connectivity index (χ0v) is 13.3. The number of carbonyl (C=O) groups is 1. The summed E-state index contributed by atoms with van der Waals surface area (Å²) in [6, 6.07) is 12.7. The molecule has 2 N–H and O–H groups in total. The van der Waals surface area contributed by atoms with Crippen LogP contribution in [0, 0.1) is 0 Å². The molecule has 0 spiro atoms. The van der Waals surface area contributed by atoms with Gasteiger partial charge >= 0.3 is 0 Å². The molecular formula is C15H14BrClN2O. The lowest BCUT2D eigenvalue weighted by atomic mass is 10.1. The van der Waals surface area contributed by atoms with Crippen LogP contribution in [0.2, 0.25) is 5.02 Å². The van der Waals surface area contributed by atoms with Crippen molar-refractivity contribution in [2.45, 2.75) is 6.54 Å². The molecule has 0 unspecified atom stereocenters. The number of nitrogens with zero attached hydrogens (tertiary/aromatic N) is 1. The summed E-state index contributed by atoms with van der Waals surface area (Å²) in [6.45, 7) is 0.479. The van der Waals surface area contributed by atoms with Gasteiger partial charge in [0.15, 0.2) is 0 Å². The molecule has 0 aliphatic carbocycles. The predicted molar refractivity (Wildman–Crippen MR) is 85.8 cm³/mol. The van der Waals surface area contributed by atoms with Crippen molar-refractivity contribution < 1.29 is 4.79 Å². The summed E-state index contributed by atoms with van der Waals surface area (Å²) in [6.07, 6.45) is 0. The molecule has 0 aliphatic heterocycles. The van der Waals surface area contributed by atoms with Gasteiger partial charge in [0.25, 0.3) is 5.91 Å². The summed E-state index contributed by atoms with van der Waals surface area (Å²) in [5.41, 5.74) is 7.88. The first-order chi connectivity index (χ1) is 9.47. The van der Waals surface area contributed by atoms with E-state index in [-0.39, 0.29) is 5.91 Å². The van der Waals surface area contributed by atoms with Gasteiger partial charge < -0.3 is 10.6 Å². The fourth-order valence-corrected chi connectivity index (χ4v) is 2.46. The van der Waals surface area contributed by atoms with Crippen LogP contribution in [0.1, 0.15) is 15.9 Å². The highest BCUT2D eigenvalue weighted by Gasteiger charge is 2.15. The van der Waals surface area contributed by atoms with E-state index in [1.54, 1.807) is 30.1 Å². The van der Waals surface area contributed by atoms with E-state index in [4.69, 9.17) is 17.3 Å². The van der Waals surface area contributed by atoms with Crippen LogP contribution in [0.25, 0.3) is 0 Å². The molecule has 0 aliphatic rings. The minimum Gasteiger partial charge on any atom is -0.399 e. The van der Waals surface area contributed by atoms with Crippen LogP contribution in [0.15, 0.2) is 46.9 Å². The van der Waals surface area contributed by atoms with Crippen molar-refractivity contribution in [3.63, 3.8) is 0 Å². The molecular weight excluding hydrogens is 340 g/mol. The number of nitrogen functional groups attached to an aromatic ring is 1. The van der Waals surface area contributed by atoms with E-state index >= 15 is 0 Å². The smallest absolute Gasteiger partial charge is 0.255 e. The molecule has 0 fully saturated rings. The van der Waals surface area contributed by atoms with Crippen molar-refractivity contribution in [1.29, 1.82) is 0 Å². The minimum absolute atomic E-state index is 0.126. The fourth-order valence-electron chi connectivity index (χ4n) is 1.90. The molecule has 0 aromatic heterocycles. The van der Waals surface area contributed by atoms with E-state index in [2.05, 4.69) is 15.9 Å². The van der Waals surface area contributed by atoms with E-state index in [0.29, 0.717) is 22.8 Å². The number of rotatable bonds is 3. The summed E-state index contributed by atoms with van der Waals surface area (Å²) in [7, 11) is 1.74. The maximum atomic E-state index is 12.4. The van der Waals surface area contributed by atoms with Crippen molar-refractivity contribution in [3.8, 4) is 0 Å². The lowest BCUT2D eigenvalue weighted by Gasteiger charge is -2.18. The molecule has 20 heavy (non-hydrogen) atoms. The van der Waals surface area contributed by atoms with Crippen molar-refractivity contribution in [2.24, 2.45) is 0 Å². The normalized spacial score (nSPS) is 10.3. The van der Waals surface area contributed by atoms with E-state index < -0.39 is 0 Å². The Morgan fingerprint density at radius 1 is 1.30 bits per heavy atom. The molecule has 3 nitrogen and oxygen atoms in total. The van der Waals surface area contributed by atoms with Gasteiger partial charge in [0.05, 0.1) is 10.6 Å². The second-order valence-electron chi connectivity index (χ2n) is 4.53. The minimum atomic E-state index is -0.126. The molecule has 1 amide bonds. The average molecular weight is 354 g/mol. The Morgan fingerprint density at radius 2 is 2.05 bits per heavy atom. The number of carbonyl (C=O) groups excluding carboxylic acids is 1. The molecule has 0 saturated heterocycles. The number of hydrogen-bond acceptors (Lipinski definition) is 2. The van der Waals surface area contributed by atoms with E-state index in [1.165, 1.54) is 0 Å². The molecule has 104 valence electrons. The number of anilines is 1. The van der Waals surface area contributed by atoms with Crippen molar-refractivity contribution in [3.05, 3.63) is 63.1 Å². The predicted octanol–water partition coefficient (Wildman–Crippen LogP) is 3.96. The topological polar surface area (TPSA) is 46.3 Å². The molecule has 2 aromatic rings. The van der Waals surface area contributed by atoms with Gasteiger partial charge in [-0.3, -0.25) is 4.79 Å². The molecule has 2 aromatic carbocycles. The van der Waals surface area contributed by atoms with Gasteiger partial charge in [0.1, 0.15) is 0 Å². The first-order valence-corrected chi connectivity index (χ1v) is 7.19. The van der Waals surface area contributed by atoms with Crippen LogP contribution < -0.4 is 5.73 Å². The molecule has 0 radical (unpaired) electrons. The maximum absolute atomic E-state index is 12.4. The number of hydrogen-bond donors (Lipinski definition) is 1. The van der Waals surface area contributed by atoms with Gasteiger partial charge in [0.2, 0.25) is 0 Å². The molecule has 0 heterocycles. The van der Waals surface area contributed by atoms with Crippen LogP contribution in [0.4, 0.5) is 5.69 Å². The summed E-state index contributed by atoms with van der Waals surface area (Å²) in [5.74, 6) is -0.126. The SMILES string of the molecule is CN(Cc1cccc(N)c1)C(=O)c1cc(Br)ccc1Cl. The molecule has 0 atom stereocenters. The van der Waals surface area contributed by atoms with Gasteiger partial charge in [-0.2, -0.15) is 0 Å². The van der Waals surface area contributed by atoms with E-state index in [1.807, 2.05) is 24.3 Å². The third-order valence-corrected chi connectivity index (χ3v) is 3.70. The molecule has 0 saturated carbocycles. The van der Waals surface area contributed by atoms with Crippen LogP contribution in [0.3, 0.4) is 0 Å².